The van der Waals surface area contributed by atoms with E-state index in [4.69, 9.17) is 4.42 Å². The summed E-state index contributed by atoms with van der Waals surface area (Å²) in [6.07, 6.45) is 0. The Bertz CT molecular complexity index is 707. The summed E-state index contributed by atoms with van der Waals surface area (Å²) in [4.78, 5) is 0. The number of halogens is 1. The van der Waals surface area contributed by atoms with Crippen molar-refractivity contribution in [2.45, 2.75) is 0 Å². The highest BCUT2D eigenvalue weighted by Gasteiger charge is 2.13. The van der Waals surface area contributed by atoms with Crippen LogP contribution in [0.5, 0.6) is 5.75 Å². The summed E-state index contributed by atoms with van der Waals surface area (Å²) in [5.41, 5.74) is 1.08. The molecule has 4 nitrogen and oxygen atoms in total. The first kappa shape index (κ1) is 11.4. The van der Waals surface area contributed by atoms with Gasteiger partial charge in [0.25, 0.3) is 5.89 Å². The van der Waals surface area contributed by atoms with Crippen molar-refractivity contribution in [3.63, 3.8) is 0 Å². The maximum absolute atomic E-state index is 12.8. The van der Waals surface area contributed by atoms with Gasteiger partial charge < -0.3 is 9.52 Å². The zero-order valence-corrected chi connectivity index (χ0v) is 9.75. The fraction of sp³-hybridized carbons (Fsp3) is 0. The molecule has 0 atom stereocenters. The lowest BCUT2D eigenvalue weighted by atomic mass is 10.2. The number of hydrogen-bond donors (Lipinski definition) is 1. The van der Waals surface area contributed by atoms with Gasteiger partial charge in [-0.2, -0.15) is 0 Å². The Morgan fingerprint density at radius 1 is 0.895 bits per heavy atom. The van der Waals surface area contributed by atoms with Gasteiger partial charge in [-0.25, -0.2) is 4.39 Å². The van der Waals surface area contributed by atoms with Crippen molar-refractivity contribution >= 4 is 0 Å². The molecule has 0 unspecified atom stereocenters. The van der Waals surface area contributed by atoms with Gasteiger partial charge in [0.05, 0.1) is 5.56 Å². The van der Waals surface area contributed by atoms with Crippen molar-refractivity contribution in [1.29, 1.82) is 0 Å². The molecule has 0 spiro atoms. The quantitative estimate of drug-likeness (QED) is 0.764. The highest BCUT2D eigenvalue weighted by atomic mass is 19.1. The van der Waals surface area contributed by atoms with E-state index in [0.717, 1.165) is 0 Å². The summed E-state index contributed by atoms with van der Waals surface area (Å²) in [5, 5.41) is 17.5. The summed E-state index contributed by atoms with van der Waals surface area (Å²) in [6, 6.07) is 12.4. The molecule has 5 heteroatoms. The number of phenols is 1. The van der Waals surface area contributed by atoms with Gasteiger partial charge in [-0.1, -0.05) is 12.1 Å². The molecule has 1 N–H and O–H groups in total. The van der Waals surface area contributed by atoms with Crippen LogP contribution in [-0.2, 0) is 0 Å². The van der Waals surface area contributed by atoms with Gasteiger partial charge in [-0.05, 0) is 36.4 Å². The van der Waals surface area contributed by atoms with Gasteiger partial charge >= 0.3 is 0 Å². The Kier molecular flexibility index (Phi) is 2.72. The zero-order chi connectivity index (χ0) is 13.2. The van der Waals surface area contributed by atoms with Gasteiger partial charge in [0.2, 0.25) is 5.89 Å². The molecule has 19 heavy (non-hydrogen) atoms. The summed E-state index contributed by atoms with van der Waals surface area (Å²) in [6.45, 7) is 0. The van der Waals surface area contributed by atoms with Crippen molar-refractivity contribution in [3.05, 3.63) is 54.3 Å². The molecule has 0 aliphatic carbocycles. The monoisotopic (exact) mass is 256 g/mol. The number of para-hydroxylation sites is 1. The van der Waals surface area contributed by atoms with E-state index < -0.39 is 0 Å². The van der Waals surface area contributed by atoms with Crippen molar-refractivity contribution in [3.8, 4) is 28.7 Å². The molecular formula is C14H9FN2O2. The number of phenolic OH excluding ortho intramolecular Hbond substituents is 1. The fourth-order valence-electron chi connectivity index (χ4n) is 1.70. The highest BCUT2D eigenvalue weighted by Crippen LogP contribution is 2.29. The van der Waals surface area contributed by atoms with Crippen LogP contribution in [0.15, 0.2) is 52.9 Å². The van der Waals surface area contributed by atoms with Crippen LogP contribution in [0.4, 0.5) is 4.39 Å². The Hall–Kier alpha value is -2.69. The second-order valence-electron chi connectivity index (χ2n) is 3.94. The zero-order valence-electron chi connectivity index (χ0n) is 9.75. The van der Waals surface area contributed by atoms with E-state index in [0.29, 0.717) is 11.1 Å². The van der Waals surface area contributed by atoms with Gasteiger partial charge in [0.1, 0.15) is 11.6 Å². The summed E-state index contributed by atoms with van der Waals surface area (Å²) in [7, 11) is 0. The molecule has 94 valence electrons. The normalized spacial score (nSPS) is 10.6. The van der Waals surface area contributed by atoms with Crippen LogP contribution < -0.4 is 0 Å². The van der Waals surface area contributed by atoms with Crippen molar-refractivity contribution in [1.82, 2.24) is 10.2 Å². The minimum Gasteiger partial charge on any atom is -0.507 e. The van der Waals surface area contributed by atoms with Gasteiger partial charge in [0.15, 0.2) is 0 Å². The third-order valence-corrected chi connectivity index (χ3v) is 2.65. The minimum atomic E-state index is -0.329. The maximum Gasteiger partial charge on any atom is 0.251 e. The third kappa shape index (κ3) is 2.18. The Balaban J connectivity index is 2.00. The van der Waals surface area contributed by atoms with E-state index in [1.54, 1.807) is 30.3 Å². The van der Waals surface area contributed by atoms with E-state index in [2.05, 4.69) is 10.2 Å². The Labute approximate surface area is 108 Å². The van der Waals surface area contributed by atoms with Crippen LogP contribution in [0.3, 0.4) is 0 Å². The first-order valence-corrected chi connectivity index (χ1v) is 5.62. The van der Waals surface area contributed by atoms with Crippen molar-refractivity contribution < 1.29 is 13.9 Å². The topological polar surface area (TPSA) is 59.2 Å². The second kappa shape index (κ2) is 4.53. The maximum atomic E-state index is 12.8. The molecule has 0 bridgehead atoms. The predicted octanol–water partition coefficient (Wildman–Crippen LogP) is 3.25. The molecule has 0 radical (unpaired) electrons. The molecule has 0 saturated heterocycles. The highest BCUT2D eigenvalue weighted by molar-refractivity contribution is 5.63. The first-order valence-electron chi connectivity index (χ1n) is 5.62. The summed E-state index contributed by atoms with van der Waals surface area (Å²) in [5.74, 6) is 0.233. The lowest BCUT2D eigenvalue weighted by molar-refractivity contribution is 0.473. The molecule has 0 fully saturated rings. The lowest BCUT2D eigenvalue weighted by Gasteiger charge is -1.97. The molecule has 0 aliphatic rings. The molecule has 3 rings (SSSR count). The van der Waals surface area contributed by atoms with E-state index in [9.17, 15) is 9.50 Å². The molecule has 1 heterocycles. The van der Waals surface area contributed by atoms with E-state index in [-0.39, 0.29) is 23.3 Å². The first-order chi connectivity index (χ1) is 9.24. The summed E-state index contributed by atoms with van der Waals surface area (Å²) >= 11 is 0. The number of aromatic hydroxyl groups is 1. The number of aromatic nitrogens is 2. The average molecular weight is 256 g/mol. The molecular weight excluding hydrogens is 247 g/mol. The van der Waals surface area contributed by atoms with Crippen LogP contribution in [0.2, 0.25) is 0 Å². The van der Waals surface area contributed by atoms with Crippen LogP contribution in [0.25, 0.3) is 22.9 Å². The number of nitrogens with zero attached hydrogens (tertiary/aromatic N) is 2. The third-order valence-electron chi connectivity index (χ3n) is 2.65. The average Bonchev–Trinajstić information content (AvgIpc) is 2.89. The molecule has 0 aliphatic heterocycles. The SMILES string of the molecule is Oc1ccccc1-c1nnc(-c2ccc(F)cc2)o1. The van der Waals surface area contributed by atoms with Crippen molar-refractivity contribution in [2.75, 3.05) is 0 Å². The fourth-order valence-corrected chi connectivity index (χ4v) is 1.70. The van der Waals surface area contributed by atoms with Crippen LogP contribution >= 0.6 is 0 Å². The number of rotatable bonds is 2. The van der Waals surface area contributed by atoms with Gasteiger partial charge in [-0.15, -0.1) is 10.2 Å². The van der Waals surface area contributed by atoms with Crippen LogP contribution in [0.1, 0.15) is 0 Å². The van der Waals surface area contributed by atoms with Gasteiger partial charge in [-0.3, -0.25) is 0 Å². The predicted molar refractivity (Wildman–Crippen MR) is 66.8 cm³/mol. The van der Waals surface area contributed by atoms with E-state index >= 15 is 0 Å². The summed E-state index contributed by atoms with van der Waals surface area (Å²) < 4.78 is 18.3. The van der Waals surface area contributed by atoms with E-state index in [1.165, 1.54) is 18.2 Å². The molecule has 3 aromatic rings. The molecule has 0 saturated carbocycles. The van der Waals surface area contributed by atoms with E-state index in [1.807, 2.05) is 0 Å². The lowest BCUT2D eigenvalue weighted by Crippen LogP contribution is -1.78. The second-order valence-corrected chi connectivity index (χ2v) is 3.94. The Morgan fingerprint density at radius 3 is 2.32 bits per heavy atom. The van der Waals surface area contributed by atoms with Crippen LogP contribution in [0, 0.1) is 5.82 Å². The van der Waals surface area contributed by atoms with Crippen LogP contribution in [-0.4, -0.2) is 15.3 Å². The van der Waals surface area contributed by atoms with Crippen molar-refractivity contribution in [2.24, 2.45) is 0 Å². The standard InChI is InChI=1S/C14H9FN2O2/c15-10-7-5-9(6-8-10)13-16-17-14(19-13)11-3-1-2-4-12(11)18/h1-8,18H. The largest absolute Gasteiger partial charge is 0.507 e. The number of hydrogen-bond acceptors (Lipinski definition) is 4. The molecule has 2 aromatic carbocycles. The molecule has 1 aromatic heterocycles. The minimum absolute atomic E-state index is 0.0665. The number of benzene rings is 2. The Morgan fingerprint density at radius 2 is 1.58 bits per heavy atom. The molecule has 0 amide bonds. The van der Waals surface area contributed by atoms with Gasteiger partial charge in [0, 0.05) is 5.56 Å². The smallest absolute Gasteiger partial charge is 0.251 e.